The molecule has 1 unspecified atom stereocenters. The predicted molar refractivity (Wildman–Crippen MR) is 50.5 cm³/mol. The number of nitrogens with one attached hydrogen (secondary N) is 2. The van der Waals surface area contributed by atoms with E-state index < -0.39 is 0 Å². The average Bonchev–Trinajstić information content (AvgIpc) is 2.64. The van der Waals surface area contributed by atoms with Crippen LogP contribution in [0.1, 0.15) is 19.3 Å². The quantitative estimate of drug-likeness (QED) is 0.630. The molecule has 1 saturated heterocycles. The van der Waals surface area contributed by atoms with Crippen molar-refractivity contribution in [1.29, 1.82) is 0 Å². The van der Waals surface area contributed by atoms with E-state index in [0.717, 1.165) is 13.1 Å². The molecule has 4 heteroatoms. The third-order valence-electron chi connectivity index (χ3n) is 2.24. The van der Waals surface area contributed by atoms with Gasteiger partial charge in [0.15, 0.2) is 0 Å². The van der Waals surface area contributed by atoms with Crippen LogP contribution in [0.25, 0.3) is 0 Å². The fourth-order valence-electron chi connectivity index (χ4n) is 1.45. The van der Waals surface area contributed by atoms with Gasteiger partial charge in [-0.3, -0.25) is 4.79 Å². The topological polar surface area (TPSA) is 50.4 Å². The highest BCUT2D eigenvalue weighted by Crippen LogP contribution is 2.02. The molecule has 13 heavy (non-hydrogen) atoms. The first kappa shape index (κ1) is 10.5. The predicted octanol–water partition coefficient (Wildman–Crippen LogP) is -0.109. The lowest BCUT2D eigenvalue weighted by Gasteiger charge is -2.10. The molecule has 2 N–H and O–H groups in total. The van der Waals surface area contributed by atoms with Crippen LogP contribution in [0.15, 0.2) is 0 Å². The molecule has 1 aliphatic rings. The van der Waals surface area contributed by atoms with Gasteiger partial charge in [0, 0.05) is 26.1 Å². The summed E-state index contributed by atoms with van der Waals surface area (Å²) in [5.41, 5.74) is 0. The summed E-state index contributed by atoms with van der Waals surface area (Å²) in [7, 11) is 1.60. The summed E-state index contributed by atoms with van der Waals surface area (Å²) in [4.78, 5) is 11.1. The Morgan fingerprint density at radius 3 is 3.15 bits per heavy atom. The molecule has 0 radical (unpaired) electrons. The van der Waals surface area contributed by atoms with Crippen molar-refractivity contribution in [3.05, 3.63) is 0 Å². The van der Waals surface area contributed by atoms with Crippen molar-refractivity contribution < 1.29 is 9.53 Å². The van der Waals surface area contributed by atoms with Gasteiger partial charge in [0.05, 0.1) is 6.61 Å². The molecule has 4 nitrogen and oxygen atoms in total. The SMILES string of the molecule is COCCC(=O)NCC1CCCN1. The molecule has 0 bridgehead atoms. The molecule has 0 aromatic rings. The second-order valence-corrected chi connectivity index (χ2v) is 3.34. The molecule has 0 aliphatic carbocycles. The van der Waals surface area contributed by atoms with Crippen LogP contribution in [0.4, 0.5) is 0 Å². The van der Waals surface area contributed by atoms with Gasteiger partial charge in [0.2, 0.25) is 5.91 Å². The van der Waals surface area contributed by atoms with E-state index in [2.05, 4.69) is 10.6 Å². The third kappa shape index (κ3) is 4.24. The van der Waals surface area contributed by atoms with E-state index >= 15 is 0 Å². The van der Waals surface area contributed by atoms with Crippen LogP contribution in [0, 0.1) is 0 Å². The number of ether oxygens (including phenoxy) is 1. The molecule has 0 aromatic heterocycles. The highest BCUT2D eigenvalue weighted by atomic mass is 16.5. The number of hydrogen-bond acceptors (Lipinski definition) is 3. The molecule has 0 spiro atoms. The van der Waals surface area contributed by atoms with Gasteiger partial charge in [0.1, 0.15) is 0 Å². The molecule has 0 aromatic carbocycles. The Bertz CT molecular complexity index is 156. The lowest BCUT2D eigenvalue weighted by atomic mass is 10.2. The maximum Gasteiger partial charge on any atom is 0.222 e. The maximum atomic E-state index is 11.1. The molecule has 1 rings (SSSR count). The standard InChI is InChI=1S/C9H18N2O2/c1-13-6-4-9(12)11-7-8-3-2-5-10-8/h8,10H,2-7H2,1H3,(H,11,12). The van der Waals surface area contributed by atoms with Gasteiger partial charge < -0.3 is 15.4 Å². The minimum Gasteiger partial charge on any atom is -0.384 e. The number of hydrogen-bond donors (Lipinski definition) is 2. The van der Waals surface area contributed by atoms with Crippen LogP contribution < -0.4 is 10.6 Å². The number of carbonyl (C=O) groups is 1. The van der Waals surface area contributed by atoms with Gasteiger partial charge in [0.25, 0.3) is 0 Å². The van der Waals surface area contributed by atoms with E-state index in [4.69, 9.17) is 4.74 Å². The summed E-state index contributed by atoms with van der Waals surface area (Å²) >= 11 is 0. The molecule has 1 aliphatic heterocycles. The average molecular weight is 186 g/mol. The zero-order chi connectivity index (χ0) is 9.52. The second kappa shape index (κ2) is 5.94. The molecule has 0 saturated carbocycles. The summed E-state index contributed by atoms with van der Waals surface area (Å²) in [6, 6.07) is 0.478. The number of amides is 1. The molecule has 1 fully saturated rings. The maximum absolute atomic E-state index is 11.1. The number of rotatable bonds is 5. The van der Waals surface area contributed by atoms with Crippen LogP contribution in [0.3, 0.4) is 0 Å². The zero-order valence-corrected chi connectivity index (χ0v) is 8.14. The molecule has 1 heterocycles. The van der Waals surface area contributed by atoms with Gasteiger partial charge in [-0.25, -0.2) is 0 Å². The Balaban J connectivity index is 2.00. The minimum atomic E-state index is 0.0792. The van der Waals surface area contributed by atoms with Crippen LogP contribution >= 0.6 is 0 Å². The Hall–Kier alpha value is -0.610. The van der Waals surface area contributed by atoms with Crippen molar-refractivity contribution in [2.75, 3.05) is 26.8 Å². The van der Waals surface area contributed by atoms with Gasteiger partial charge in [-0.2, -0.15) is 0 Å². The van der Waals surface area contributed by atoms with E-state index in [-0.39, 0.29) is 5.91 Å². The molecule has 1 amide bonds. The van der Waals surface area contributed by atoms with Crippen LogP contribution in [-0.4, -0.2) is 38.8 Å². The summed E-state index contributed by atoms with van der Waals surface area (Å²) in [5, 5.41) is 6.20. The Labute approximate surface area is 79.0 Å². The van der Waals surface area contributed by atoms with E-state index in [0.29, 0.717) is 19.1 Å². The molecule has 76 valence electrons. The van der Waals surface area contributed by atoms with Crippen molar-refractivity contribution in [1.82, 2.24) is 10.6 Å². The van der Waals surface area contributed by atoms with Crippen molar-refractivity contribution in [2.45, 2.75) is 25.3 Å². The monoisotopic (exact) mass is 186 g/mol. The fraction of sp³-hybridized carbons (Fsp3) is 0.889. The van der Waals surface area contributed by atoms with Gasteiger partial charge in [-0.1, -0.05) is 0 Å². The minimum absolute atomic E-state index is 0.0792. The van der Waals surface area contributed by atoms with Crippen molar-refractivity contribution >= 4 is 5.91 Å². The largest absolute Gasteiger partial charge is 0.384 e. The first-order valence-electron chi connectivity index (χ1n) is 4.82. The second-order valence-electron chi connectivity index (χ2n) is 3.34. The molecule has 1 atom stereocenters. The number of methoxy groups -OCH3 is 1. The van der Waals surface area contributed by atoms with E-state index in [9.17, 15) is 4.79 Å². The van der Waals surface area contributed by atoms with Gasteiger partial charge >= 0.3 is 0 Å². The van der Waals surface area contributed by atoms with E-state index in [1.807, 2.05) is 0 Å². The first-order valence-corrected chi connectivity index (χ1v) is 4.82. The Kier molecular flexibility index (Phi) is 4.78. The lowest BCUT2D eigenvalue weighted by molar-refractivity contribution is -0.122. The lowest BCUT2D eigenvalue weighted by Crippen LogP contribution is -2.37. The molecular weight excluding hydrogens is 168 g/mol. The zero-order valence-electron chi connectivity index (χ0n) is 8.14. The Morgan fingerprint density at radius 1 is 1.69 bits per heavy atom. The van der Waals surface area contributed by atoms with Crippen LogP contribution in [0.2, 0.25) is 0 Å². The summed E-state index contributed by atoms with van der Waals surface area (Å²) in [6.45, 7) is 2.34. The van der Waals surface area contributed by atoms with Crippen LogP contribution in [-0.2, 0) is 9.53 Å². The highest BCUT2D eigenvalue weighted by molar-refractivity contribution is 5.75. The van der Waals surface area contributed by atoms with E-state index in [1.54, 1.807) is 7.11 Å². The fourth-order valence-corrected chi connectivity index (χ4v) is 1.45. The summed E-state index contributed by atoms with van der Waals surface area (Å²) < 4.78 is 4.81. The molecular formula is C9H18N2O2. The van der Waals surface area contributed by atoms with Crippen molar-refractivity contribution in [3.8, 4) is 0 Å². The smallest absolute Gasteiger partial charge is 0.222 e. The number of carbonyl (C=O) groups excluding carboxylic acids is 1. The van der Waals surface area contributed by atoms with Gasteiger partial charge in [-0.15, -0.1) is 0 Å². The first-order chi connectivity index (χ1) is 6.33. The normalized spacial score (nSPS) is 21.8. The van der Waals surface area contributed by atoms with Crippen molar-refractivity contribution in [2.24, 2.45) is 0 Å². The van der Waals surface area contributed by atoms with Crippen molar-refractivity contribution in [3.63, 3.8) is 0 Å². The summed E-state index contributed by atoms with van der Waals surface area (Å²) in [6.07, 6.45) is 2.85. The van der Waals surface area contributed by atoms with Gasteiger partial charge in [-0.05, 0) is 19.4 Å². The highest BCUT2D eigenvalue weighted by Gasteiger charge is 2.14. The van der Waals surface area contributed by atoms with Crippen LogP contribution in [0.5, 0.6) is 0 Å². The summed E-state index contributed by atoms with van der Waals surface area (Å²) in [5.74, 6) is 0.0792. The van der Waals surface area contributed by atoms with E-state index in [1.165, 1.54) is 12.8 Å². The third-order valence-corrected chi connectivity index (χ3v) is 2.24. The Morgan fingerprint density at radius 2 is 2.54 bits per heavy atom.